The van der Waals surface area contributed by atoms with Gasteiger partial charge in [0.15, 0.2) is 0 Å². The van der Waals surface area contributed by atoms with Crippen LogP contribution in [0.4, 0.5) is 5.82 Å². The quantitative estimate of drug-likeness (QED) is 0.829. The molecular formula is C15H15BrClN3O. The number of hydrogen-bond donors (Lipinski definition) is 1. The lowest BCUT2D eigenvalue weighted by atomic mass is 10.1. The molecule has 1 aromatic carbocycles. The van der Waals surface area contributed by atoms with Gasteiger partial charge in [-0.3, -0.25) is 0 Å². The molecule has 2 aromatic rings. The molecule has 0 saturated carbocycles. The minimum atomic E-state index is 0.505. The molecule has 0 fully saturated rings. The van der Waals surface area contributed by atoms with Crippen molar-refractivity contribution in [3.8, 4) is 5.75 Å². The zero-order chi connectivity index (χ0) is 14.8. The van der Waals surface area contributed by atoms with Crippen LogP contribution in [0.5, 0.6) is 5.75 Å². The number of nitrogens with zero attached hydrogens (tertiary/aromatic N) is 2. The summed E-state index contributed by atoms with van der Waals surface area (Å²) in [5.74, 6) is 1.77. The second kappa shape index (κ2) is 6.20. The van der Waals surface area contributed by atoms with Crippen molar-refractivity contribution in [3.05, 3.63) is 44.8 Å². The molecule has 110 valence electrons. The molecular weight excluding hydrogens is 354 g/mol. The van der Waals surface area contributed by atoms with E-state index in [0.29, 0.717) is 11.7 Å². The molecule has 0 saturated heterocycles. The molecule has 0 amide bonds. The first-order chi connectivity index (χ1) is 10.2. The van der Waals surface area contributed by atoms with Crippen LogP contribution in [0.15, 0.2) is 22.9 Å². The Kier molecular flexibility index (Phi) is 4.31. The molecule has 4 nitrogen and oxygen atoms in total. The highest BCUT2D eigenvalue weighted by Crippen LogP contribution is 2.33. The van der Waals surface area contributed by atoms with Crippen LogP contribution < -0.4 is 10.1 Å². The molecule has 3 rings (SSSR count). The summed E-state index contributed by atoms with van der Waals surface area (Å²) in [7, 11) is 0. The van der Waals surface area contributed by atoms with E-state index in [4.69, 9.17) is 16.3 Å². The van der Waals surface area contributed by atoms with Crippen molar-refractivity contribution in [1.82, 2.24) is 9.97 Å². The van der Waals surface area contributed by atoms with E-state index in [9.17, 15) is 0 Å². The fourth-order valence-corrected chi connectivity index (χ4v) is 3.33. The lowest BCUT2D eigenvalue weighted by Gasteiger charge is -2.13. The van der Waals surface area contributed by atoms with Crippen molar-refractivity contribution in [2.45, 2.75) is 26.3 Å². The molecule has 0 aliphatic carbocycles. The Hall–Kier alpha value is -1.33. The highest BCUT2D eigenvalue weighted by atomic mass is 79.9. The van der Waals surface area contributed by atoms with Crippen LogP contribution in [0.1, 0.15) is 23.6 Å². The van der Waals surface area contributed by atoms with Crippen molar-refractivity contribution in [2.75, 3.05) is 11.9 Å². The van der Waals surface area contributed by atoms with Gasteiger partial charge in [-0.05, 0) is 24.1 Å². The molecule has 6 heteroatoms. The largest absolute Gasteiger partial charge is 0.493 e. The molecule has 1 aliphatic heterocycles. The van der Waals surface area contributed by atoms with Crippen molar-refractivity contribution in [2.24, 2.45) is 0 Å². The predicted molar refractivity (Wildman–Crippen MR) is 87.1 cm³/mol. The van der Waals surface area contributed by atoms with Gasteiger partial charge in [0.2, 0.25) is 0 Å². The van der Waals surface area contributed by atoms with E-state index < -0.39 is 0 Å². The van der Waals surface area contributed by atoms with Crippen LogP contribution in [0.2, 0.25) is 5.15 Å². The molecule has 0 bridgehead atoms. The zero-order valence-corrected chi connectivity index (χ0v) is 14.0. The third-order valence-electron chi connectivity index (χ3n) is 3.52. The average Bonchev–Trinajstić information content (AvgIpc) is 2.93. The summed E-state index contributed by atoms with van der Waals surface area (Å²) in [6.45, 7) is 3.43. The maximum atomic E-state index is 6.11. The third-order valence-corrected chi connectivity index (χ3v) is 4.30. The summed E-state index contributed by atoms with van der Waals surface area (Å²) in [6.07, 6.45) is 3.22. The summed E-state index contributed by atoms with van der Waals surface area (Å²) in [4.78, 5) is 8.30. The van der Waals surface area contributed by atoms with Crippen molar-refractivity contribution < 1.29 is 4.74 Å². The number of hydrogen-bond acceptors (Lipinski definition) is 4. The van der Waals surface area contributed by atoms with Gasteiger partial charge in [-0.1, -0.05) is 34.5 Å². The fourth-order valence-electron chi connectivity index (χ4n) is 2.51. The van der Waals surface area contributed by atoms with E-state index in [1.54, 1.807) is 0 Å². The van der Waals surface area contributed by atoms with E-state index in [1.165, 1.54) is 11.9 Å². The van der Waals surface area contributed by atoms with Gasteiger partial charge in [0.1, 0.15) is 23.0 Å². The summed E-state index contributed by atoms with van der Waals surface area (Å²) >= 11 is 9.66. The van der Waals surface area contributed by atoms with Gasteiger partial charge >= 0.3 is 0 Å². The lowest BCUT2D eigenvalue weighted by molar-refractivity contribution is 0.354. The van der Waals surface area contributed by atoms with Crippen molar-refractivity contribution in [1.29, 1.82) is 0 Å². The van der Waals surface area contributed by atoms with Gasteiger partial charge in [0.25, 0.3) is 0 Å². The molecule has 21 heavy (non-hydrogen) atoms. The number of ether oxygens (including phenoxy) is 1. The number of benzene rings is 1. The van der Waals surface area contributed by atoms with Crippen LogP contribution in [0, 0.1) is 0 Å². The Morgan fingerprint density at radius 2 is 2.24 bits per heavy atom. The van der Waals surface area contributed by atoms with E-state index in [0.717, 1.165) is 46.6 Å². The SMILES string of the molecule is CCc1c(Cl)ncnc1NCc1cc(Br)cc2c1OCC2. The molecule has 1 aromatic heterocycles. The standard InChI is InChI=1S/C15H15BrClN3O/c1-2-12-14(17)19-8-20-15(12)18-7-10-6-11(16)5-9-3-4-21-13(9)10/h5-6,8H,2-4,7H2,1H3,(H,18,19,20). The highest BCUT2D eigenvalue weighted by Gasteiger charge is 2.18. The molecule has 1 N–H and O–H groups in total. The van der Waals surface area contributed by atoms with Crippen LogP contribution in [-0.4, -0.2) is 16.6 Å². The fraction of sp³-hybridized carbons (Fsp3) is 0.333. The Morgan fingerprint density at radius 1 is 1.38 bits per heavy atom. The number of anilines is 1. The topological polar surface area (TPSA) is 47.0 Å². The Labute approximate surface area is 137 Å². The van der Waals surface area contributed by atoms with Crippen LogP contribution in [0.25, 0.3) is 0 Å². The van der Waals surface area contributed by atoms with Crippen LogP contribution in [-0.2, 0) is 19.4 Å². The number of fused-ring (bicyclic) bond motifs is 1. The van der Waals surface area contributed by atoms with Gasteiger partial charge in [0, 0.05) is 28.6 Å². The first kappa shape index (κ1) is 14.6. The van der Waals surface area contributed by atoms with E-state index >= 15 is 0 Å². The highest BCUT2D eigenvalue weighted by molar-refractivity contribution is 9.10. The van der Waals surface area contributed by atoms with E-state index in [1.807, 2.05) is 6.92 Å². The van der Waals surface area contributed by atoms with E-state index in [2.05, 4.69) is 43.3 Å². The maximum Gasteiger partial charge on any atom is 0.137 e. The van der Waals surface area contributed by atoms with Crippen molar-refractivity contribution in [3.63, 3.8) is 0 Å². The number of aromatic nitrogens is 2. The summed E-state index contributed by atoms with van der Waals surface area (Å²) in [5, 5.41) is 3.85. The minimum absolute atomic E-state index is 0.505. The normalized spacial score (nSPS) is 12.9. The lowest BCUT2D eigenvalue weighted by Crippen LogP contribution is -2.06. The van der Waals surface area contributed by atoms with Gasteiger partial charge in [-0.15, -0.1) is 0 Å². The number of rotatable bonds is 4. The monoisotopic (exact) mass is 367 g/mol. The van der Waals surface area contributed by atoms with Crippen LogP contribution in [0.3, 0.4) is 0 Å². The Bertz CT molecular complexity index is 678. The molecule has 0 radical (unpaired) electrons. The third kappa shape index (κ3) is 2.99. The van der Waals surface area contributed by atoms with Gasteiger partial charge in [-0.25, -0.2) is 9.97 Å². The summed E-state index contributed by atoms with van der Waals surface area (Å²) < 4.78 is 6.80. The molecule has 0 spiro atoms. The minimum Gasteiger partial charge on any atom is -0.493 e. The Balaban J connectivity index is 1.85. The van der Waals surface area contributed by atoms with Gasteiger partial charge < -0.3 is 10.1 Å². The molecule has 0 atom stereocenters. The maximum absolute atomic E-state index is 6.11. The molecule has 0 unspecified atom stereocenters. The number of halogens is 2. The smallest absolute Gasteiger partial charge is 0.137 e. The average molecular weight is 369 g/mol. The molecule has 1 aliphatic rings. The second-order valence-corrected chi connectivity index (χ2v) is 6.12. The predicted octanol–water partition coefficient (Wildman–Crippen LogP) is 4.00. The van der Waals surface area contributed by atoms with Crippen molar-refractivity contribution >= 4 is 33.3 Å². The Morgan fingerprint density at radius 3 is 3.05 bits per heavy atom. The molecule has 2 heterocycles. The summed E-state index contributed by atoms with van der Waals surface area (Å²) in [6, 6.07) is 4.19. The zero-order valence-electron chi connectivity index (χ0n) is 11.6. The summed E-state index contributed by atoms with van der Waals surface area (Å²) in [5.41, 5.74) is 3.30. The van der Waals surface area contributed by atoms with Crippen LogP contribution >= 0.6 is 27.5 Å². The second-order valence-electron chi connectivity index (χ2n) is 4.85. The number of nitrogens with one attached hydrogen (secondary N) is 1. The van der Waals surface area contributed by atoms with E-state index in [-0.39, 0.29) is 0 Å². The first-order valence-electron chi connectivity index (χ1n) is 6.86. The van der Waals surface area contributed by atoms with Gasteiger partial charge in [-0.2, -0.15) is 0 Å². The van der Waals surface area contributed by atoms with Gasteiger partial charge in [0.05, 0.1) is 6.61 Å². The first-order valence-corrected chi connectivity index (χ1v) is 8.03.